The van der Waals surface area contributed by atoms with E-state index in [1.54, 1.807) is 7.11 Å². The number of carbonyl (C=O) groups is 2. The predicted octanol–water partition coefficient (Wildman–Crippen LogP) is 0.130. The van der Waals surface area contributed by atoms with E-state index in [9.17, 15) is 9.59 Å². The zero-order chi connectivity index (χ0) is 15.0. The lowest BCUT2D eigenvalue weighted by molar-refractivity contribution is -0.139. The first-order valence-corrected chi connectivity index (χ1v) is 6.29. The van der Waals surface area contributed by atoms with Crippen molar-refractivity contribution >= 4 is 12.0 Å². The fraction of sp³-hybridized carbons (Fsp3) is 0.583. The quantitative estimate of drug-likeness (QED) is 0.541. The van der Waals surface area contributed by atoms with E-state index in [0.29, 0.717) is 18.7 Å². The first-order chi connectivity index (χ1) is 9.52. The molecule has 0 aromatic carbocycles. The van der Waals surface area contributed by atoms with E-state index in [2.05, 4.69) is 20.6 Å². The van der Waals surface area contributed by atoms with Gasteiger partial charge in [-0.2, -0.15) is 0 Å². The third-order valence-corrected chi connectivity index (χ3v) is 2.71. The molecule has 0 radical (unpaired) electrons. The maximum atomic E-state index is 11.7. The molecule has 0 aliphatic heterocycles. The lowest BCUT2D eigenvalue weighted by Crippen LogP contribution is -2.49. The molecular weight excluding hydrogens is 264 g/mol. The van der Waals surface area contributed by atoms with Crippen LogP contribution in [-0.4, -0.2) is 52.9 Å². The summed E-state index contributed by atoms with van der Waals surface area (Å²) < 4.78 is 4.91. The van der Waals surface area contributed by atoms with Crippen molar-refractivity contribution in [2.45, 2.75) is 31.8 Å². The third-order valence-electron chi connectivity index (χ3n) is 2.71. The van der Waals surface area contributed by atoms with Crippen molar-refractivity contribution < 1.29 is 19.4 Å². The number of aromatic nitrogens is 2. The van der Waals surface area contributed by atoms with Crippen LogP contribution in [0.5, 0.6) is 0 Å². The van der Waals surface area contributed by atoms with Crippen LogP contribution in [0.4, 0.5) is 4.79 Å². The normalized spacial score (nSPS) is 13.5. The smallest absolute Gasteiger partial charge is 0.326 e. The van der Waals surface area contributed by atoms with Crippen LogP contribution < -0.4 is 10.6 Å². The van der Waals surface area contributed by atoms with Crippen LogP contribution in [0.2, 0.25) is 0 Å². The maximum Gasteiger partial charge on any atom is 0.326 e. The van der Waals surface area contributed by atoms with Crippen LogP contribution in [0.15, 0.2) is 12.5 Å². The summed E-state index contributed by atoms with van der Waals surface area (Å²) in [5.41, 5.74) is 0.644. The number of carboxylic acid groups (broad SMARTS) is 1. The van der Waals surface area contributed by atoms with Gasteiger partial charge in [0.1, 0.15) is 6.04 Å². The second kappa shape index (κ2) is 8.16. The summed E-state index contributed by atoms with van der Waals surface area (Å²) in [6, 6.07) is -1.62. The second-order valence-electron chi connectivity index (χ2n) is 4.47. The van der Waals surface area contributed by atoms with Crippen molar-refractivity contribution in [2.24, 2.45) is 0 Å². The summed E-state index contributed by atoms with van der Waals surface area (Å²) in [5, 5.41) is 14.2. The molecule has 1 heterocycles. The van der Waals surface area contributed by atoms with Crippen molar-refractivity contribution in [2.75, 3.05) is 13.7 Å². The van der Waals surface area contributed by atoms with Crippen LogP contribution in [-0.2, 0) is 16.0 Å². The molecular formula is C12H20N4O4. The van der Waals surface area contributed by atoms with Gasteiger partial charge < -0.3 is 25.5 Å². The molecule has 0 fully saturated rings. The number of carboxylic acids is 1. The Labute approximate surface area is 116 Å². The van der Waals surface area contributed by atoms with Crippen molar-refractivity contribution in [3.63, 3.8) is 0 Å². The fourth-order valence-corrected chi connectivity index (χ4v) is 1.61. The summed E-state index contributed by atoms with van der Waals surface area (Å²) in [6.45, 7) is 2.35. The van der Waals surface area contributed by atoms with E-state index in [-0.39, 0.29) is 12.5 Å². The van der Waals surface area contributed by atoms with Gasteiger partial charge in [0.2, 0.25) is 0 Å². The lowest BCUT2D eigenvalue weighted by atomic mass is 10.1. The fourth-order valence-electron chi connectivity index (χ4n) is 1.61. The van der Waals surface area contributed by atoms with E-state index in [1.807, 2.05) is 6.92 Å². The monoisotopic (exact) mass is 284 g/mol. The largest absolute Gasteiger partial charge is 0.480 e. The van der Waals surface area contributed by atoms with Gasteiger partial charge in [-0.3, -0.25) is 0 Å². The topological polar surface area (TPSA) is 116 Å². The van der Waals surface area contributed by atoms with Gasteiger partial charge in [0, 0.05) is 38.1 Å². The van der Waals surface area contributed by atoms with Crippen LogP contribution in [0.25, 0.3) is 0 Å². The Hall–Kier alpha value is -2.09. The molecule has 1 rings (SSSR count). The molecule has 112 valence electrons. The second-order valence-corrected chi connectivity index (χ2v) is 4.47. The highest BCUT2D eigenvalue weighted by atomic mass is 16.5. The number of nitrogens with zero attached hydrogens (tertiary/aromatic N) is 1. The minimum absolute atomic E-state index is 0.100. The Balaban J connectivity index is 2.45. The molecule has 8 nitrogen and oxygen atoms in total. The number of imidazole rings is 1. The highest BCUT2D eigenvalue weighted by molar-refractivity contribution is 5.82. The highest BCUT2D eigenvalue weighted by Gasteiger charge is 2.21. The van der Waals surface area contributed by atoms with Crippen LogP contribution in [0.3, 0.4) is 0 Å². The first kappa shape index (κ1) is 16.0. The van der Waals surface area contributed by atoms with Gasteiger partial charge in [0.15, 0.2) is 0 Å². The van der Waals surface area contributed by atoms with E-state index in [1.165, 1.54) is 12.5 Å². The molecule has 2 atom stereocenters. The lowest BCUT2D eigenvalue weighted by Gasteiger charge is -2.17. The summed E-state index contributed by atoms with van der Waals surface area (Å²) in [5.74, 6) is -1.10. The van der Waals surface area contributed by atoms with E-state index in [4.69, 9.17) is 9.84 Å². The molecule has 0 saturated carbocycles. The summed E-state index contributed by atoms with van der Waals surface area (Å²) in [6.07, 6.45) is 3.79. The third kappa shape index (κ3) is 5.70. The summed E-state index contributed by atoms with van der Waals surface area (Å²) in [4.78, 5) is 29.4. The molecule has 1 aromatic rings. The number of aliphatic carboxylic acids is 1. The average Bonchev–Trinajstić information content (AvgIpc) is 2.88. The number of urea groups is 1. The van der Waals surface area contributed by atoms with Gasteiger partial charge in [-0.1, -0.05) is 0 Å². The number of nitrogens with one attached hydrogen (secondary N) is 3. The Bertz CT molecular complexity index is 421. The zero-order valence-electron chi connectivity index (χ0n) is 11.5. The Morgan fingerprint density at radius 1 is 1.50 bits per heavy atom. The maximum absolute atomic E-state index is 11.7. The molecule has 0 spiro atoms. The number of ether oxygens (including phenoxy) is 1. The Morgan fingerprint density at radius 2 is 2.25 bits per heavy atom. The molecule has 2 amide bonds. The highest BCUT2D eigenvalue weighted by Crippen LogP contribution is 1.99. The molecule has 8 heteroatoms. The van der Waals surface area contributed by atoms with Gasteiger partial charge >= 0.3 is 12.0 Å². The number of hydrogen-bond acceptors (Lipinski definition) is 4. The molecule has 1 aromatic heterocycles. The average molecular weight is 284 g/mol. The molecule has 0 aliphatic carbocycles. The van der Waals surface area contributed by atoms with E-state index >= 15 is 0 Å². The number of methoxy groups -OCH3 is 1. The number of carbonyl (C=O) groups excluding carboxylic acids is 1. The predicted molar refractivity (Wildman–Crippen MR) is 71.3 cm³/mol. The van der Waals surface area contributed by atoms with Crippen LogP contribution in [0.1, 0.15) is 19.0 Å². The summed E-state index contributed by atoms with van der Waals surface area (Å²) in [7, 11) is 1.58. The first-order valence-electron chi connectivity index (χ1n) is 6.29. The molecule has 20 heavy (non-hydrogen) atoms. The standard InChI is InChI=1S/C12H20N4O4/c1-8(3-4-20-2)15-12(19)16-10(11(17)18)5-9-6-13-7-14-9/h6-8,10H,3-5H2,1-2H3,(H,13,14)(H,17,18)(H2,15,16,19)/t8?,10-/m1/s1. The van der Waals surface area contributed by atoms with Crippen molar-refractivity contribution in [1.29, 1.82) is 0 Å². The molecule has 4 N–H and O–H groups in total. The number of rotatable bonds is 8. The zero-order valence-corrected chi connectivity index (χ0v) is 11.5. The molecule has 1 unspecified atom stereocenters. The van der Waals surface area contributed by atoms with Gasteiger partial charge in [-0.05, 0) is 13.3 Å². The minimum Gasteiger partial charge on any atom is -0.480 e. The van der Waals surface area contributed by atoms with Gasteiger partial charge in [-0.15, -0.1) is 0 Å². The SMILES string of the molecule is COCCC(C)NC(=O)N[C@H](Cc1cnc[nH]1)C(=O)O. The minimum atomic E-state index is -1.10. The van der Waals surface area contributed by atoms with Crippen LogP contribution in [0, 0.1) is 0 Å². The molecule has 0 saturated heterocycles. The van der Waals surface area contributed by atoms with Crippen molar-refractivity contribution in [3.05, 3.63) is 18.2 Å². The molecule has 0 bridgehead atoms. The van der Waals surface area contributed by atoms with Crippen molar-refractivity contribution in [3.8, 4) is 0 Å². The Morgan fingerprint density at radius 3 is 2.80 bits per heavy atom. The summed E-state index contributed by atoms with van der Waals surface area (Å²) >= 11 is 0. The molecule has 0 aliphatic rings. The van der Waals surface area contributed by atoms with Crippen LogP contribution >= 0.6 is 0 Å². The van der Waals surface area contributed by atoms with E-state index < -0.39 is 18.0 Å². The number of amides is 2. The number of hydrogen-bond donors (Lipinski definition) is 4. The van der Waals surface area contributed by atoms with Gasteiger partial charge in [-0.25, -0.2) is 14.6 Å². The van der Waals surface area contributed by atoms with Gasteiger partial charge in [0.25, 0.3) is 0 Å². The van der Waals surface area contributed by atoms with Gasteiger partial charge in [0.05, 0.1) is 6.33 Å². The van der Waals surface area contributed by atoms with E-state index in [0.717, 1.165) is 0 Å². The van der Waals surface area contributed by atoms with Crippen molar-refractivity contribution in [1.82, 2.24) is 20.6 Å². The number of aromatic amines is 1. The Kier molecular flexibility index (Phi) is 6.51. The number of H-pyrrole nitrogens is 1.